The lowest BCUT2D eigenvalue weighted by Crippen LogP contribution is -2.31. The second kappa shape index (κ2) is 8.44. The number of thiocarbonyl (C=S) groups is 1. The summed E-state index contributed by atoms with van der Waals surface area (Å²) in [5, 5.41) is 11.2. The molecule has 2 rings (SSSR count). The van der Waals surface area contributed by atoms with Gasteiger partial charge in [-0.3, -0.25) is 4.68 Å². The molecule has 0 radical (unpaired) electrons. The first-order valence-corrected chi connectivity index (χ1v) is 8.32. The van der Waals surface area contributed by atoms with Gasteiger partial charge in [-0.25, -0.2) is 4.79 Å². The molecule has 2 aromatic rings. The minimum Gasteiger partial charge on any atom is -0.462 e. The summed E-state index contributed by atoms with van der Waals surface area (Å²) < 4.78 is 6.83. The van der Waals surface area contributed by atoms with E-state index in [0.29, 0.717) is 17.3 Å². The first-order chi connectivity index (χ1) is 11.5. The summed E-state index contributed by atoms with van der Waals surface area (Å²) in [4.78, 5) is 11.6. The fourth-order valence-corrected chi connectivity index (χ4v) is 2.42. The minimum atomic E-state index is -0.329. The number of carbonyl (C=O) groups is 1. The van der Waals surface area contributed by atoms with Crippen molar-refractivity contribution in [2.75, 3.05) is 11.9 Å². The fourth-order valence-electron chi connectivity index (χ4n) is 2.13. The van der Waals surface area contributed by atoms with Gasteiger partial charge in [-0.05, 0) is 63.3 Å². The summed E-state index contributed by atoms with van der Waals surface area (Å²) in [7, 11) is 0. The molecule has 7 heteroatoms. The third-order valence-corrected chi connectivity index (χ3v) is 3.65. The highest BCUT2D eigenvalue weighted by Gasteiger charge is 2.11. The number of esters is 1. The summed E-state index contributed by atoms with van der Waals surface area (Å²) in [6, 6.07) is 8.95. The molecule has 6 nitrogen and oxygen atoms in total. The van der Waals surface area contributed by atoms with Crippen LogP contribution in [0.5, 0.6) is 0 Å². The van der Waals surface area contributed by atoms with Crippen LogP contribution in [0.25, 0.3) is 0 Å². The van der Waals surface area contributed by atoms with E-state index in [2.05, 4.69) is 15.7 Å². The summed E-state index contributed by atoms with van der Waals surface area (Å²) in [5.41, 5.74) is 2.24. The molecule has 0 aliphatic carbocycles. The first-order valence-electron chi connectivity index (χ1n) is 7.91. The highest BCUT2D eigenvalue weighted by molar-refractivity contribution is 7.80. The average Bonchev–Trinajstić information content (AvgIpc) is 3.05. The lowest BCUT2D eigenvalue weighted by Gasteiger charge is -2.15. The van der Waals surface area contributed by atoms with Crippen molar-refractivity contribution in [1.29, 1.82) is 0 Å². The Balaban J connectivity index is 1.90. The van der Waals surface area contributed by atoms with Crippen molar-refractivity contribution in [1.82, 2.24) is 15.1 Å². The van der Waals surface area contributed by atoms with Crippen LogP contribution in [0.1, 0.15) is 42.9 Å². The Morgan fingerprint density at radius 1 is 1.29 bits per heavy atom. The molecule has 0 bridgehead atoms. The number of rotatable bonds is 6. The summed E-state index contributed by atoms with van der Waals surface area (Å²) >= 11 is 5.33. The van der Waals surface area contributed by atoms with Crippen LogP contribution in [0.3, 0.4) is 0 Å². The van der Waals surface area contributed by atoms with Gasteiger partial charge in [-0.15, -0.1) is 0 Å². The van der Waals surface area contributed by atoms with E-state index < -0.39 is 0 Å². The van der Waals surface area contributed by atoms with E-state index in [9.17, 15) is 4.79 Å². The molecule has 1 aromatic carbocycles. The normalized spacial score (nSPS) is 11.6. The van der Waals surface area contributed by atoms with Crippen LogP contribution in [0, 0.1) is 0 Å². The zero-order chi connectivity index (χ0) is 17.5. The van der Waals surface area contributed by atoms with Crippen LogP contribution >= 0.6 is 12.2 Å². The maximum Gasteiger partial charge on any atom is 0.338 e. The van der Waals surface area contributed by atoms with Gasteiger partial charge in [0.1, 0.15) is 0 Å². The smallest absolute Gasteiger partial charge is 0.338 e. The molecule has 0 saturated carbocycles. The molecular formula is C17H22N4O2S. The number of aryl methyl sites for hydroxylation is 1. The summed E-state index contributed by atoms with van der Waals surface area (Å²) in [5.74, 6) is -0.329. The Bertz CT molecular complexity index is 697. The zero-order valence-electron chi connectivity index (χ0n) is 14.1. The maximum absolute atomic E-state index is 11.6. The second-order valence-corrected chi connectivity index (χ2v) is 5.62. The summed E-state index contributed by atoms with van der Waals surface area (Å²) in [6.45, 7) is 7.02. The Hall–Kier alpha value is -2.41. The fraction of sp³-hybridized carbons (Fsp3) is 0.353. The van der Waals surface area contributed by atoms with E-state index in [1.807, 2.05) is 30.8 Å². The van der Waals surface area contributed by atoms with Crippen molar-refractivity contribution in [3.8, 4) is 0 Å². The number of nitrogens with zero attached hydrogens (tertiary/aromatic N) is 2. The minimum absolute atomic E-state index is 0.00314. The van der Waals surface area contributed by atoms with Crippen molar-refractivity contribution in [2.45, 2.75) is 33.4 Å². The molecule has 0 fully saturated rings. The Morgan fingerprint density at radius 3 is 2.58 bits per heavy atom. The summed E-state index contributed by atoms with van der Waals surface area (Å²) in [6.07, 6.45) is 1.94. The van der Waals surface area contributed by atoms with E-state index in [1.165, 1.54) is 0 Å². The van der Waals surface area contributed by atoms with Gasteiger partial charge >= 0.3 is 5.97 Å². The van der Waals surface area contributed by atoms with Gasteiger partial charge in [0.15, 0.2) is 5.11 Å². The predicted octanol–water partition coefficient (Wildman–Crippen LogP) is 3.13. The van der Waals surface area contributed by atoms with E-state index in [4.69, 9.17) is 17.0 Å². The van der Waals surface area contributed by atoms with Gasteiger partial charge in [0, 0.05) is 18.4 Å². The van der Waals surface area contributed by atoms with Crippen LogP contribution in [0.2, 0.25) is 0 Å². The highest BCUT2D eigenvalue weighted by atomic mass is 32.1. The molecule has 128 valence electrons. The van der Waals surface area contributed by atoms with E-state index in [1.54, 1.807) is 31.2 Å². The quantitative estimate of drug-likeness (QED) is 0.619. The van der Waals surface area contributed by atoms with E-state index >= 15 is 0 Å². The third-order valence-electron chi connectivity index (χ3n) is 3.43. The number of carbonyl (C=O) groups excluding carboxylic acids is 1. The number of anilines is 1. The maximum atomic E-state index is 11.6. The van der Waals surface area contributed by atoms with Gasteiger partial charge in [0.2, 0.25) is 0 Å². The van der Waals surface area contributed by atoms with Crippen LogP contribution in [0.15, 0.2) is 36.5 Å². The zero-order valence-corrected chi connectivity index (χ0v) is 14.9. The van der Waals surface area contributed by atoms with Crippen molar-refractivity contribution < 1.29 is 9.53 Å². The SMILES string of the molecule is CCOC(=O)c1ccc(NC(=S)NC(C)c2ccn(CC)n2)cc1. The Morgan fingerprint density at radius 2 is 2.00 bits per heavy atom. The number of ether oxygens (including phenoxy) is 1. The molecule has 24 heavy (non-hydrogen) atoms. The van der Waals surface area contributed by atoms with Gasteiger partial charge < -0.3 is 15.4 Å². The number of benzene rings is 1. The molecular weight excluding hydrogens is 324 g/mol. The van der Waals surface area contributed by atoms with Gasteiger partial charge in [0.25, 0.3) is 0 Å². The standard InChI is InChI=1S/C17H22N4O2S/c1-4-21-11-10-15(20-21)12(3)18-17(24)19-14-8-6-13(7-9-14)16(22)23-5-2/h6-12H,4-5H2,1-3H3,(H2,18,19,24). The largest absolute Gasteiger partial charge is 0.462 e. The topological polar surface area (TPSA) is 68.2 Å². The molecule has 2 N–H and O–H groups in total. The molecule has 0 aliphatic rings. The van der Waals surface area contributed by atoms with Crippen LogP contribution in [-0.4, -0.2) is 27.5 Å². The molecule has 0 amide bonds. The molecule has 0 aliphatic heterocycles. The molecule has 1 unspecified atom stereocenters. The van der Waals surface area contributed by atoms with Crippen molar-refractivity contribution >= 4 is 29.0 Å². The second-order valence-electron chi connectivity index (χ2n) is 5.21. The monoisotopic (exact) mass is 346 g/mol. The molecule has 1 atom stereocenters. The number of aromatic nitrogens is 2. The molecule has 1 heterocycles. The van der Waals surface area contributed by atoms with Crippen molar-refractivity contribution in [3.05, 3.63) is 47.8 Å². The van der Waals surface area contributed by atoms with E-state index in [0.717, 1.165) is 17.9 Å². The van der Waals surface area contributed by atoms with Crippen molar-refractivity contribution in [3.63, 3.8) is 0 Å². The number of hydrogen-bond donors (Lipinski definition) is 2. The van der Waals surface area contributed by atoms with Crippen molar-refractivity contribution in [2.24, 2.45) is 0 Å². The molecule has 1 aromatic heterocycles. The predicted molar refractivity (Wildman–Crippen MR) is 98.1 cm³/mol. The van der Waals surface area contributed by atoms with Gasteiger partial charge in [0.05, 0.1) is 23.9 Å². The van der Waals surface area contributed by atoms with E-state index in [-0.39, 0.29) is 12.0 Å². The lowest BCUT2D eigenvalue weighted by atomic mass is 10.2. The van der Waals surface area contributed by atoms with Crippen LogP contribution in [-0.2, 0) is 11.3 Å². The van der Waals surface area contributed by atoms with Gasteiger partial charge in [-0.2, -0.15) is 5.10 Å². The molecule has 0 saturated heterocycles. The number of hydrogen-bond acceptors (Lipinski definition) is 4. The number of nitrogens with one attached hydrogen (secondary N) is 2. The van der Waals surface area contributed by atoms with Gasteiger partial charge in [-0.1, -0.05) is 0 Å². The molecule has 0 spiro atoms. The Labute approximate surface area is 147 Å². The third kappa shape index (κ3) is 4.79. The highest BCUT2D eigenvalue weighted by Crippen LogP contribution is 2.13. The average molecular weight is 346 g/mol. The Kier molecular flexibility index (Phi) is 6.31. The van der Waals surface area contributed by atoms with Crippen LogP contribution in [0.4, 0.5) is 5.69 Å². The van der Waals surface area contributed by atoms with Crippen LogP contribution < -0.4 is 10.6 Å². The first kappa shape index (κ1) is 17.9. The lowest BCUT2D eigenvalue weighted by molar-refractivity contribution is 0.0526.